The molecule has 0 saturated carbocycles. The van der Waals surface area contributed by atoms with Crippen LogP contribution >= 0.6 is 11.6 Å². The second-order valence-corrected chi connectivity index (χ2v) is 5.81. The number of hydrogen-bond acceptors (Lipinski definition) is 2. The van der Waals surface area contributed by atoms with Crippen molar-refractivity contribution in [2.75, 3.05) is 24.5 Å². The van der Waals surface area contributed by atoms with Gasteiger partial charge in [0.25, 0.3) is 0 Å². The van der Waals surface area contributed by atoms with Gasteiger partial charge in [-0.15, -0.1) is 0 Å². The van der Waals surface area contributed by atoms with Crippen LogP contribution in [0, 0.1) is 5.92 Å². The second kappa shape index (κ2) is 6.29. The second-order valence-electron chi connectivity index (χ2n) is 5.37. The highest BCUT2D eigenvalue weighted by molar-refractivity contribution is 6.30. The molecule has 2 aromatic carbocycles. The number of benzene rings is 2. The van der Waals surface area contributed by atoms with Gasteiger partial charge in [0, 0.05) is 42.8 Å². The Labute approximate surface area is 125 Å². The average Bonchev–Trinajstić information content (AvgIpc) is 2.42. The summed E-state index contributed by atoms with van der Waals surface area (Å²) in [6.07, 6.45) is 0. The summed E-state index contributed by atoms with van der Waals surface area (Å²) < 4.78 is 0. The van der Waals surface area contributed by atoms with Gasteiger partial charge in [0.2, 0.25) is 0 Å². The van der Waals surface area contributed by atoms with Crippen LogP contribution < -0.4 is 10.2 Å². The largest absolute Gasteiger partial charge is 0.367 e. The minimum absolute atomic E-state index is 0.734. The fourth-order valence-electron chi connectivity index (χ4n) is 2.53. The van der Waals surface area contributed by atoms with E-state index in [4.69, 9.17) is 11.6 Å². The summed E-state index contributed by atoms with van der Waals surface area (Å²) in [5.74, 6) is 0.734. The van der Waals surface area contributed by atoms with Gasteiger partial charge in [0.15, 0.2) is 0 Å². The summed E-state index contributed by atoms with van der Waals surface area (Å²) in [4.78, 5) is 2.42. The van der Waals surface area contributed by atoms with Crippen LogP contribution in [0.4, 0.5) is 5.69 Å². The van der Waals surface area contributed by atoms with E-state index in [1.165, 1.54) is 11.3 Å². The summed E-state index contributed by atoms with van der Waals surface area (Å²) in [6.45, 7) is 4.23. The molecule has 0 unspecified atom stereocenters. The van der Waals surface area contributed by atoms with Gasteiger partial charge < -0.3 is 10.2 Å². The molecule has 1 N–H and O–H groups in total. The molecule has 2 aromatic rings. The van der Waals surface area contributed by atoms with Crippen LogP contribution in [0.5, 0.6) is 0 Å². The third-order valence-electron chi connectivity index (χ3n) is 3.73. The van der Waals surface area contributed by atoms with Gasteiger partial charge in [-0.05, 0) is 23.8 Å². The summed E-state index contributed by atoms with van der Waals surface area (Å²) in [5, 5.41) is 4.14. The highest BCUT2D eigenvalue weighted by Gasteiger charge is 2.20. The summed E-state index contributed by atoms with van der Waals surface area (Å²) in [7, 11) is 0. The van der Waals surface area contributed by atoms with E-state index in [1.807, 2.05) is 12.1 Å². The first-order chi connectivity index (χ1) is 9.81. The molecule has 0 spiro atoms. The van der Waals surface area contributed by atoms with E-state index in [2.05, 4.69) is 52.7 Å². The molecule has 20 heavy (non-hydrogen) atoms. The minimum Gasteiger partial charge on any atom is -0.367 e. The Balaban J connectivity index is 1.79. The number of nitrogens with one attached hydrogen (secondary N) is 1. The Kier molecular flexibility index (Phi) is 4.24. The van der Waals surface area contributed by atoms with Gasteiger partial charge in [-0.25, -0.2) is 0 Å². The van der Waals surface area contributed by atoms with Crippen molar-refractivity contribution >= 4 is 17.3 Å². The molecule has 3 heteroatoms. The molecular formula is C17H19ClN2. The molecule has 1 fully saturated rings. The van der Waals surface area contributed by atoms with Crippen molar-refractivity contribution in [3.63, 3.8) is 0 Å². The van der Waals surface area contributed by atoms with Crippen LogP contribution in [0.15, 0.2) is 54.6 Å². The minimum atomic E-state index is 0.734. The van der Waals surface area contributed by atoms with Gasteiger partial charge >= 0.3 is 0 Å². The van der Waals surface area contributed by atoms with Gasteiger partial charge in [0.05, 0.1) is 0 Å². The fourth-order valence-corrected chi connectivity index (χ4v) is 2.71. The third kappa shape index (κ3) is 3.33. The lowest BCUT2D eigenvalue weighted by molar-refractivity contribution is 0.348. The van der Waals surface area contributed by atoms with Crippen molar-refractivity contribution in [3.05, 3.63) is 65.2 Å². The molecule has 1 saturated heterocycles. The van der Waals surface area contributed by atoms with Crippen LogP contribution in [0.1, 0.15) is 5.56 Å². The van der Waals surface area contributed by atoms with Crippen LogP contribution in [0.2, 0.25) is 5.02 Å². The maximum atomic E-state index is 6.14. The molecule has 104 valence electrons. The molecule has 0 bridgehead atoms. The molecule has 3 rings (SSSR count). The Hall–Kier alpha value is -1.51. The summed E-state index contributed by atoms with van der Waals surface area (Å²) in [6, 6.07) is 18.7. The maximum Gasteiger partial charge on any atom is 0.0429 e. The average molecular weight is 287 g/mol. The van der Waals surface area contributed by atoms with E-state index in [9.17, 15) is 0 Å². The molecule has 0 aliphatic carbocycles. The van der Waals surface area contributed by atoms with Crippen molar-refractivity contribution in [2.24, 2.45) is 5.92 Å². The highest BCUT2D eigenvalue weighted by Crippen LogP contribution is 2.23. The van der Waals surface area contributed by atoms with E-state index in [-0.39, 0.29) is 0 Å². The first kappa shape index (κ1) is 13.5. The third-order valence-corrected chi connectivity index (χ3v) is 3.97. The number of anilines is 1. The molecule has 0 radical (unpaired) electrons. The van der Waals surface area contributed by atoms with E-state index >= 15 is 0 Å². The summed E-state index contributed by atoms with van der Waals surface area (Å²) >= 11 is 6.14. The van der Waals surface area contributed by atoms with Crippen LogP contribution in [0.3, 0.4) is 0 Å². The summed E-state index contributed by atoms with van der Waals surface area (Å²) in [5.41, 5.74) is 2.54. The van der Waals surface area contributed by atoms with Crippen LogP contribution in [-0.2, 0) is 6.54 Å². The Morgan fingerprint density at radius 3 is 2.50 bits per heavy atom. The molecule has 1 aliphatic rings. The molecule has 1 aliphatic heterocycles. The van der Waals surface area contributed by atoms with E-state index in [1.54, 1.807) is 0 Å². The number of halogens is 1. The van der Waals surface area contributed by atoms with Crippen molar-refractivity contribution in [1.82, 2.24) is 5.32 Å². The monoisotopic (exact) mass is 286 g/mol. The van der Waals surface area contributed by atoms with Gasteiger partial charge in [-0.3, -0.25) is 0 Å². The van der Waals surface area contributed by atoms with Crippen LogP contribution in [0.25, 0.3) is 0 Å². The molecule has 1 heterocycles. The molecule has 0 amide bonds. The molecule has 0 atom stereocenters. The Bertz CT molecular complexity index is 552. The van der Waals surface area contributed by atoms with Crippen molar-refractivity contribution in [2.45, 2.75) is 6.54 Å². The number of hydrogen-bond donors (Lipinski definition) is 1. The van der Waals surface area contributed by atoms with Gasteiger partial charge in [-0.2, -0.15) is 0 Å². The van der Waals surface area contributed by atoms with Crippen molar-refractivity contribution in [3.8, 4) is 0 Å². The topological polar surface area (TPSA) is 15.3 Å². The van der Waals surface area contributed by atoms with Crippen molar-refractivity contribution in [1.29, 1.82) is 0 Å². The Morgan fingerprint density at radius 1 is 1.05 bits per heavy atom. The van der Waals surface area contributed by atoms with E-state index in [0.717, 1.165) is 37.1 Å². The zero-order valence-electron chi connectivity index (χ0n) is 11.4. The standard InChI is InChI=1S/C17H19ClN2/c18-16-7-4-8-17(9-16)20(13-15-10-19-11-15)12-14-5-2-1-3-6-14/h1-9,15,19H,10-13H2. The SMILES string of the molecule is Clc1cccc(N(Cc2ccccc2)CC2CNC2)c1. The fraction of sp³-hybridized carbons (Fsp3) is 0.294. The lowest BCUT2D eigenvalue weighted by atomic mass is 10.0. The molecule has 0 aromatic heterocycles. The van der Waals surface area contributed by atoms with Crippen LogP contribution in [-0.4, -0.2) is 19.6 Å². The predicted octanol–water partition coefficient (Wildman–Crippen LogP) is 3.57. The highest BCUT2D eigenvalue weighted by atomic mass is 35.5. The molecular weight excluding hydrogens is 268 g/mol. The molecule has 2 nitrogen and oxygen atoms in total. The normalized spacial score (nSPS) is 14.8. The quantitative estimate of drug-likeness (QED) is 0.904. The smallest absolute Gasteiger partial charge is 0.0429 e. The van der Waals surface area contributed by atoms with E-state index < -0.39 is 0 Å². The first-order valence-electron chi connectivity index (χ1n) is 7.06. The predicted molar refractivity (Wildman–Crippen MR) is 85.3 cm³/mol. The zero-order chi connectivity index (χ0) is 13.8. The lowest BCUT2D eigenvalue weighted by Gasteiger charge is -2.34. The van der Waals surface area contributed by atoms with Gasteiger partial charge in [0.1, 0.15) is 0 Å². The van der Waals surface area contributed by atoms with E-state index in [0.29, 0.717) is 0 Å². The zero-order valence-corrected chi connectivity index (χ0v) is 12.2. The maximum absolute atomic E-state index is 6.14. The van der Waals surface area contributed by atoms with Crippen molar-refractivity contribution < 1.29 is 0 Å². The van der Waals surface area contributed by atoms with Gasteiger partial charge in [-0.1, -0.05) is 48.0 Å². The lowest BCUT2D eigenvalue weighted by Crippen LogP contribution is -2.48. The number of rotatable bonds is 5. The number of nitrogens with zero attached hydrogens (tertiary/aromatic N) is 1. The first-order valence-corrected chi connectivity index (χ1v) is 7.44. The Morgan fingerprint density at radius 2 is 1.85 bits per heavy atom.